The maximum absolute atomic E-state index is 14.3. The van der Waals surface area contributed by atoms with Crippen LogP contribution in [0, 0.1) is 0 Å². The maximum Gasteiger partial charge on any atom is 0.357 e. The van der Waals surface area contributed by atoms with Gasteiger partial charge in [-0.05, 0) is 82.4 Å². The molecular weight excluding hydrogens is 727 g/mol. The number of urea groups is 1. The third-order valence-electron chi connectivity index (χ3n) is 10.7. The van der Waals surface area contributed by atoms with Crippen LogP contribution in [0.1, 0.15) is 94.3 Å². The van der Waals surface area contributed by atoms with Gasteiger partial charge in [-0.2, -0.15) is 5.10 Å². The predicted molar refractivity (Wildman–Crippen MR) is 216 cm³/mol. The van der Waals surface area contributed by atoms with Gasteiger partial charge in [-0.3, -0.25) is 9.20 Å². The number of aliphatic hydroxyl groups is 1. The lowest BCUT2D eigenvalue weighted by molar-refractivity contribution is -0.129. The van der Waals surface area contributed by atoms with Crippen molar-refractivity contribution in [1.82, 2.24) is 34.6 Å². The lowest BCUT2D eigenvalue weighted by Crippen LogP contribution is -2.43. The summed E-state index contributed by atoms with van der Waals surface area (Å²) in [5.41, 5.74) is 4.03. The summed E-state index contributed by atoms with van der Waals surface area (Å²) in [6, 6.07) is 18.1. The van der Waals surface area contributed by atoms with E-state index in [0.29, 0.717) is 60.5 Å². The Labute approximate surface area is 333 Å². The van der Waals surface area contributed by atoms with E-state index < -0.39 is 17.5 Å². The molecule has 0 unspecified atom stereocenters. The molecule has 1 aliphatic carbocycles. The maximum atomic E-state index is 14.3. The molecule has 0 saturated carbocycles. The molecule has 0 spiro atoms. The average Bonchev–Trinajstić information content (AvgIpc) is 3.83. The standard InChI is InChI=1S/C42H53N9O6/c1-28-11-9-10-20-48(28)40-45-44-38-19-16-31(25-49(38)40)57-35-18-17-34(32-12-7-8-13-33(32)35)43-41(54)51(56-27-53)39-24-37(42(2,3)4)46-50(39)30-15-14-29(26-52)36(23-30)55-22-21-47(5)6/h7-8,12-16,19,23-25,27-28,34-35,52H,9-11,17-18,20-22,26H2,1-6H3,(H,43,54)/t28-,34-,35+/m0/s1. The summed E-state index contributed by atoms with van der Waals surface area (Å²) < 4.78 is 16.3. The minimum Gasteiger partial charge on any atom is -0.492 e. The smallest absolute Gasteiger partial charge is 0.357 e. The number of nitrogens with zero attached hydrogens (tertiary/aromatic N) is 8. The molecule has 5 aromatic rings. The quantitative estimate of drug-likeness (QED) is 0.103. The van der Waals surface area contributed by atoms with Gasteiger partial charge in [0, 0.05) is 42.2 Å². The molecule has 15 heteroatoms. The van der Waals surface area contributed by atoms with E-state index in [0.717, 1.165) is 47.2 Å². The monoisotopic (exact) mass is 779 g/mol. The fraction of sp³-hybridized carbons (Fsp3) is 0.452. The number of ether oxygens (including phenoxy) is 2. The highest BCUT2D eigenvalue weighted by atomic mass is 16.7. The summed E-state index contributed by atoms with van der Waals surface area (Å²) >= 11 is 0. The molecule has 57 heavy (non-hydrogen) atoms. The normalized spacial score (nSPS) is 18.3. The molecule has 0 bridgehead atoms. The number of anilines is 2. The van der Waals surface area contributed by atoms with Crippen molar-refractivity contribution < 1.29 is 29.0 Å². The van der Waals surface area contributed by atoms with Crippen molar-refractivity contribution in [3.8, 4) is 17.2 Å². The number of benzene rings is 2. The number of pyridine rings is 1. The molecule has 0 radical (unpaired) electrons. The molecule has 1 aliphatic heterocycles. The highest BCUT2D eigenvalue weighted by Gasteiger charge is 2.34. The van der Waals surface area contributed by atoms with Gasteiger partial charge in [0.05, 0.1) is 30.2 Å². The number of hydrogen-bond acceptors (Lipinski definition) is 11. The molecule has 302 valence electrons. The van der Waals surface area contributed by atoms with Gasteiger partial charge in [0.2, 0.25) is 5.95 Å². The van der Waals surface area contributed by atoms with E-state index in [-0.39, 0.29) is 25.0 Å². The molecule has 2 amide bonds. The second kappa shape index (κ2) is 16.8. The van der Waals surface area contributed by atoms with Gasteiger partial charge in [-0.15, -0.1) is 15.3 Å². The van der Waals surface area contributed by atoms with E-state index in [2.05, 4.69) is 27.3 Å². The number of hydroxylamine groups is 1. The second-order valence-corrected chi connectivity index (χ2v) is 16.1. The summed E-state index contributed by atoms with van der Waals surface area (Å²) in [6.07, 6.45) is 6.33. The van der Waals surface area contributed by atoms with Crippen molar-refractivity contribution in [1.29, 1.82) is 0 Å². The topological polar surface area (TPSA) is 152 Å². The van der Waals surface area contributed by atoms with Gasteiger partial charge >= 0.3 is 12.5 Å². The van der Waals surface area contributed by atoms with Crippen molar-refractivity contribution in [2.45, 2.75) is 90.0 Å². The van der Waals surface area contributed by atoms with E-state index >= 15 is 0 Å². The Balaban J connectivity index is 1.14. The predicted octanol–water partition coefficient (Wildman–Crippen LogP) is 6.28. The van der Waals surface area contributed by atoms with Gasteiger partial charge in [-0.25, -0.2) is 9.48 Å². The minimum absolute atomic E-state index is 0.216. The van der Waals surface area contributed by atoms with Crippen molar-refractivity contribution in [3.63, 3.8) is 0 Å². The zero-order valence-electron chi connectivity index (χ0n) is 33.6. The first-order chi connectivity index (χ1) is 27.4. The summed E-state index contributed by atoms with van der Waals surface area (Å²) in [4.78, 5) is 36.0. The number of likely N-dealkylation sites (N-methyl/N-ethyl adjacent to an activating group) is 1. The third-order valence-corrected chi connectivity index (χ3v) is 10.7. The Bertz CT molecular complexity index is 2190. The van der Waals surface area contributed by atoms with E-state index in [1.165, 1.54) is 6.42 Å². The van der Waals surface area contributed by atoms with Gasteiger partial charge in [0.25, 0.3) is 0 Å². The average molecular weight is 780 g/mol. The number of carbonyl (C=O) groups is 2. The van der Waals surface area contributed by atoms with Crippen molar-refractivity contribution in [2.24, 2.45) is 0 Å². The van der Waals surface area contributed by atoms with E-state index in [1.54, 1.807) is 28.9 Å². The van der Waals surface area contributed by atoms with Gasteiger partial charge in [-0.1, -0.05) is 51.1 Å². The molecular formula is C42H53N9O6. The molecule has 1 saturated heterocycles. The largest absolute Gasteiger partial charge is 0.492 e. The van der Waals surface area contributed by atoms with Gasteiger partial charge in [0.15, 0.2) is 11.5 Å². The number of aromatic nitrogens is 5. The van der Waals surface area contributed by atoms with Gasteiger partial charge in [0.1, 0.15) is 24.2 Å². The van der Waals surface area contributed by atoms with E-state index in [1.807, 2.05) is 86.8 Å². The highest BCUT2D eigenvalue weighted by molar-refractivity contribution is 5.90. The number of hydrogen-bond donors (Lipinski definition) is 2. The number of amides is 2. The van der Waals surface area contributed by atoms with E-state index in [9.17, 15) is 14.7 Å². The fourth-order valence-corrected chi connectivity index (χ4v) is 7.51. The summed E-state index contributed by atoms with van der Waals surface area (Å²) in [6.45, 7) is 10.3. The van der Waals surface area contributed by atoms with E-state index in [4.69, 9.17) is 19.4 Å². The van der Waals surface area contributed by atoms with Crippen LogP contribution in [0.25, 0.3) is 11.3 Å². The molecule has 7 rings (SSSR count). The lowest BCUT2D eigenvalue weighted by Gasteiger charge is -2.34. The van der Waals surface area contributed by atoms with Gasteiger partial charge < -0.3 is 34.5 Å². The number of carbonyl (C=O) groups excluding carboxylic acids is 2. The van der Waals surface area contributed by atoms with Crippen LogP contribution < -0.4 is 24.8 Å². The zero-order chi connectivity index (χ0) is 40.3. The fourth-order valence-electron chi connectivity index (χ4n) is 7.51. The molecule has 4 heterocycles. The number of aliphatic hydroxyl groups excluding tert-OH is 1. The first-order valence-corrected chi connectivity index (χ1v) is 19.7. The molecule has 15 nitrogen and oxygen atoms in total. The zero-order valence-corrected chi connectivity index (χ0v) is 33.6. The Hall–Kier alpha value is -5.67. The summed E-state index contributed by atoms with van der Waals surface area (Å²) in [5, 5.41) is 27.9. The SMILES string of the molecule is C[C@H]1CCCCN1c1nnc2ccc(O[C@@H]3CC[C@H](NC(=O)N(OC=O)c4cc(C(C)(C)C)nn4-c4ccc(CO)c(OCCN(C)C)c4)c4ccccc43)cn12. The first-order valence-electron chi connectivity index (χ1n) is 19.7. The summed E-state index contributed by atoms with van der Waals surface area (Å²) in [7, 11) is 3.91. The van der Waals surface area contributed by atoms with Crippen LogP contribution in [0.2, 0.25) is 0 Å². The van der Waals surface area contributed by atoms with Crippen LogP contribution in [0.3, 0.4) is 0 Å². The van der Waals surface area contributed by atoms with Crippen molar-refractivity contribution >= 4 is 29.9 Å². The molecule has 1 fully saturated rings. The van der Waals surface area contributed by atoms with Crippen LogP contribution in [0.5, 0.6) is 11.5 Å². The highest BCUT2D eigenvalue weighted by Crippen LogP contribution is 2.40. The third kappa shape index (κ3) is 8.54. The van der Waals surface area contributed by atoms with Crippen LogP contribution >= 0.6 is 0 Å². The first kappa shape index (κ1) is 39.6. The number of rotatable bonds is 13. The molecule has 2 aromatic carbocycles. The Morgan fingerprint density at radius 3 is 2.56 bits per heavy atom. The van der Waals surface area contributed by atoms with Crippen molar-refractivity contribution in [3.05, 3.63) is 89.2 Å². The number of piperidine rings is 1. The van der Waals surface area contributed by atoms with Crippen LogP contribution in [0.15, 0.2) is 66.9 Å². The second-order valence-electron chi connectivity index (χ2n) is 16.1. The summed E-state index contributed by atoms with van der Waals surface area (Å²) in [5.74, 6) is 2.22. The number of nitrogens with one attached hydrogen (secondary N) is 1. The lowest BCUT2D eigenvalue weighted by atomic mass is 9.85. The molecule has 2 aliphatic rings. The Morgan fingerprint density at radius 1 is 1.02 bits per heavy atom. The Morgan fingerprint density at radius 2 is 1.82 bits per heavy atom. The minimum atomic E-state index is -0.644. The molecule has 3 aromatic heterocycles. The van der Waals surface area contributed by atoms with Crippen molar-refractivity contribution in [2.75, 3.05) is 43.8 Å². The van der Waals surface area contributed by atoms with Crippen LogP contribution in [-0.4, -0.2) is 86.7 Å². The van der Waals surface area contributed by atoms with Crippen LogP contribution in [0.4, 0.5) is 16.6 Å². The Kier molecular flexibility index (Phi) is 11.7. The van der Waals surface area contributed by atoms with Crippen LogP contribution in [-0.2, 0) is 21.7 Å². The molecule has 3 atom stereocenters. The molecule has 2 N–H and O–H groups in total. The number of fused-ring (bicyclic) bond motifs is 2.